The van der Waals surface area contributed by atoms with Gasteiger partial charge in [0.25, 0.3) is 4.59 Å². The summed E-state index contributed by atoms with van der Waals surface area (Å²) in [6.07, 6.45) is -4.96. The summed E-state index contributed by atoms with van der Waals surface area (Å²) in [6.45, 7) is 0. The Balaban J connectivity index is 4.96. The van der Waals surface area contributed by atoms with Crippen molar-refractivity contribution in [2.75, 3.05) is 0 Å². The molecule has 0 rings (SSSR count). The molecule has 0 saturated carbocycles. The second-order valence-corrected chi connectivity index (χ2v) is 3.61. The first kappa shape index (κ1) is 12.6. The summed E-state index contributed by atoms with van der Waals surface area (Å²) < 4.78 is 44.0. The molecule has 0 radical (unpaired) electrons. The van der Waals surface area contributed by atoms with Gasteiger partial charge in [-0.15, -0.1) is 0 Å². The molecule has 12 heavy (non-hydrogen) atoms. The predicted octanol–water partition coefficient (Wildman–Crippen LogP) is 4.34. The molecule has 0 aromatic carbocycles. The van der Waals surface area contributed by atoms with Gasteiger partial charge in [-0.1, -0.05) is 46.4 Å². The first-order valence-electron chi connectivity index (χ1n) is 2.26. The van der Waals surface area contributed by atoms with E-state index in [0.717, 1.165) is 0 Å². The lowest BCUT2D eigenvalue weighted by atomic mass is 10.5. The fourth-order valence-corrected chi connectivity index (χ4v) is 0.772. The van der Waals surface area contributed by atoms with Crippen LogP contribution in [0.25, 0.3) is 0 Å². The Morgan fingerprint density at radius 1 is 0.833 bits per heavy atom. The van der Waals surface area contributed by atoms with Gasteiger partial charge in [0.15, 0.2) is 0 Å². The van der Waals surface area contributed by atoms with Crippen LogP contribution in [0.1, 0.15) is 0 Å². The molecule has 0 amide bonds. The number of hydrogen-bond acceptors (Lipinski definition) is 0. The smallest absolute Gasteiger partial charge is 0.201 e. The van der Waals surface area contributed by atoms with Gasteiger partial charge in [0.05, 0.1) is 0 Å². The van der Waals surface area contributed by atoms with Crippen LogP contribution in [0, 0.1) is 0 Å². The average Bonchev–Trinajstić information content (AvgIpc) is 1.80. The van der Waals surface area contributed by atoms with Gasteiger partial charge < -0.3 is 0 Å². The molecule has 0 aliphatic carbocycles. The van der Waals surface area contributed by atoms with Gasteiger partial charge in [0.1, 0.15) is 10.1 Å². The zero-order valence-corrected chi connectivity index (χ0v) is 8.05. The maximum Gasteiger partial charge on any atom is 0.428 e. The highest BCUT2D eigenvalue weighted by Crippen LogP contribution is 2.42. The standard InChI is InChI=1S/C4Cl4F4/c5-1(3(7,8)9)2(6)4(10,11)12/b2-1+. The molecule has 8 heteroatoms. The molecule has 0 saturated heterocycles. The first-order chi connectivity index (χ1) is 5.07. The van der Waals surface area contributed by atoms with Crippen LogP contribution in [0.2, 0.25) is 0 Å². The van der Waals surface area contributed by atoms with Gasteiger partial charge in [0.2, 0.25) is 0 Å². The topological polar surface area (TPSA) is 0 Å². The van der Waals surface area contributed by atoms with Crippen LogP contribution in [-0.4, -0.2) is 10.8 Å². The summed E-state index contributed by atoms with van der Waals surface area (Å²) in [7, 11) is 0. The Hall–Kier alpha value is 0.620. The fourth-order valence-electron chi connectivity index (χ4n) is 0.249. The molecule has 0 aromatic heterocycles. The van der Waals surface area contributed by atoms with Crippen molar-refractivity contribution in [2.24, 2.45) is 0 Å². The van der Waals surface area contributed by atoms with Crippen LogP contribution in [-0.2, 0) is 0 Å². The maximum absolute atomic E-state index is 12.3. The molecule has 0 bridgehead atoms. The molecule has 0 unspecified atom stereocenters. The SMILES string of the molecule is FC(F)(F)/C(Cl)=C(\Cl)C(F)(Cl)Cl. The van der Waals surface area contributed by atoms with E-state index < -0.39 is 20.8 Å². The minimum absolute atomic E-state index is 1.50. The zero-order valence-electron chi connectivity index (χ0n) is 5.02. The second kappa shape index (κ2) is 3.78. The number of hydrogen-bond donors (Lipinski definition) is 0. The summed E-state index contributed by atoms with van der Waals surface area (Å²) >= 11 is 18.6. The summed E-state index contributed by atoms with van der Waals surface area (Å²) in [4.78, 5) is 0. The van der Waals surface area contributed by atoms with Crippen molar-refractivity contribution < 1.29 is 17.6 Å². The van der Waals surface area contributed by atoms with Crippen molar-refractivity contribution in [3.05, 3.63) is 10.1 Å². The van der Waals surface area contributed by atoms with E-state index >= 15 is 0 Å². The van der Waals surface area contributed by atoms with E-state index in [0.29, 0.717) is 0 Å². The van der Waals surface area contributed by atoms with Crippen LogP contribution in [0.4, 0.5) is 17.6 Å². The molecular weight excluding hydrogens is 266 g/mol. The summed E-state index contributed by atoms with van der Waals surface area (Å²) in [5, 5.41) is -3.38. The molecule has 0 spiro atoms. The lowest BCUT2D eigenvalue weighted by Gasteiger charge is -2.12. The summed E-state index contributed by atoms with van der Waals surface area (Å²) in [6, 6.07) is 0. The quantitative estimate of drug-likeness (QED) is 0.489. The van der Waals surface area contributed by atoms with Crippen LogP contribution in [0.5, 0.6) is 0 Å². The first-order valence-corrected chi connectivity index (χ1v) is 3.77. The van der Waals surface area contributed by atoms with E-state index in [9.17, 15) is 17.6 Å². The van der Waals surface area contributed by atoms with Crippen molar-refractivity contribution in [1.82, 2.24) is 0 Å². The zero-order chi connectivity index (χ0) is 10.2. The molecule has 0 aliphatic rings. The van der Waals surface area contributed by atoms with Crippen molar-refractivity contribution in [3.63, 3.8) is 0 Å². The molecule has 0 aliphatic heterocycles. The highest BCUT2D eigenvalue weighted by Gasteiger charge is 2.41. The molecule has 0 atom stereocenters. The van der Waals surface area contributed by atoms with Gasteiger partial charge >= 0.3 is 6.18 Å². The highest BCUT2D eigenvalue weighted by molar-refractivity contribution is 6.56. The van der Waals surface area contributed by atoms with E-state index in [1.54, 1.807) is 0 Å². The van der Waals surface area contributed by atoms with Crippen LogP contribution in [0.15, 0.2) is 10.1 Å². The molecule has 72 valence electrons. The van der Waals surface area contributed by atoms with Gasteiger partial charge in [-0.2, -0.15) is 13.2 Å². The van der Waals surface area contributed by atoms with Crippen LogP contribution < -0.4 is 0 Å². The lowest BCUT2D eigenvalue weighted by molar-refractivity contribution is -0.0852. The molecule has 0 heterocycles. The van der Waals surface area contributed by atoms with Crippen LogP contribution >= 0.6 is 46.4 Å². The third-order valence-corrected chi connectivity index (χ3v) is 2.21. The molecule has 0 nitrogen and oxygen atoms in total. The Morgan fingerprint density at radius 2 is 1.17 bits per heavy atom. The largest absolute Gasteiger partial charge is 0.428 e. The van der Waals surface area contributed by atoms with E-state index in [-0.39, 0.29) is 0 Å². The Labute approximate surface area is 85.0 Å². The predicted molar refractivity (Wildman–Crippen MR) is 40.3 cm³/mol. The maximum atomic E-state index is 12.3. The van der Waals surface area contributed by atoms with E-state index in [2.05, 4.69) is 34.8 Å². The molecular formula is C4Cl4F4. The third-order valence-electron chi connectivity index (χ3n) is 0.690. The molecule has 0 N–H and O–H groups in total. The van der Waals surface area contributed by atoms with Gasteiger partial charge in [-0.25, -0.2) is 4.39 Å². The number of rotatable bonds is 1. The van der Waals surface area contributed by atoms with Gasteiger partial charge in [0, 0.05) is 0 Å². The van der Waals surface area contributed by atoms with Gasteiger partial charge in [-0.05, 0) is 0 Å². The van der Waals surface area contributed by atoms with Crippen molar-refractivity contribution in [1.29, 1.82) is 0 Å². The Kier molecular flexibility index (Phi) is 3.98. The number of allylic oxidation sites excluding steroid dienone is 2. The second-order valence-electron chi connectivity index (χ2n) is 1.62. The van der Waals surface area contributed by atoms with E-state index in [4.69, 9.17) is 11.6 Å². The number of halogens is 8. The average molecular weight is 266 g/mol. The van der Waals surface area contributed by atoms with Crippen molar-refractivity contribution >= 4 is 46.4 Å². The molecule has 0 fully saturated rings. The number of alkyl halides is 6. The Morgan fingerprint density at radius 3 is 1.25 bits per heavy atom. The summed E-state index contributed by atoms with van der Waals surface area (Å²) in [5.41, 5.74) is 0. The van der Waals surface area contributed by atoms with Crippen molar-refractivity contribution in [2.45, 2.75) is 10.8 Å². The lowest BCUT2D eigenvalue weighted by Crippen LogP contribution is -2.14. The van der Waals surface area contributed by atoms with Crippen LogP contribution in [0.3, 0.4) is 0 Å². The van der Waals surface area contributed by atoms with Gasteiger partial charge in [-0.3, -0.25) is 0 Å². The summed E-state index contributed by atoms with van der Waals surface area (Å²) in [5.74, 6) is 0. The normalized spacial score (nSPS) is 16.0. The molecule has 0 aromatic rings. The highest BCUT2D eigenvalue weighted by atomic mass is 35.5. The van der Waals surface area contributed by atoms with E-state index in [1.165, 1.54) is 0 Å². The fraction of sp³-hybridized carbons (Fsp3) is 0.500. The Bertz CT molecular complexity index is 178. The monoisotopic (exact) mass is 264 g/mol. The minimum atomic E-state index is -4.96. The van der Waals surface area contributed by atoms with E-state index in [1.807, 2.05) is 0 Å². The van der Waals surface area contributed by atoms with Crippen molar-refractivity contribution in [3.8, 4) is 0 Å². The minimum Gasteiger partial charge on any atom is -0.201 e. The third kappa shape index (κ3) is 3.56.